The molecule has 1 aromatic heterocycles. The number of carbonyl (C=O) groups is 3. The van der Waals surface area contributed by atoms with E-state index in [1.54, 1.807) is 12.3 Å². The monoisotopic (exact) mass is 325 g/mol. The Bertz CT molecular complexity index is 674. The van der Waals surface area contributed by atoms with Crippen molar-refractivity contribution in [3.8, 4) is 0 Å². The molecule has 0 aromatic carbocycles. The highest BCUT2D eigenvalue weighted by Gasteiger charge is 2.55. The minimum atomic E-state index is -2.47. The Kier molecular flexibility index (Phi) is 3.43. The second kappa shape index (κ2) is 5.05. The maximum Gasteiger partial charge on any atom is 0.288 e. The molecule has 118 valence electrons. The number of halogens is 1. The third-order valence-corrected chi connectivity index (χ3v) is 4.99. The Morgan fingerprint density at radius 3 is 2.77 bits per heavy atom. The van der Waals surface area contributed by atoms with Crippen LogP contribution >= 0.6 is 11.3 Å². The lowest BCUT2D eigenvalue weighted by Gasteiger charge is -2.40. The van der Waals surface area contributed by atoms with Crippen molar-refractivity contribution in [3.63, 3.8) is 0 Å². The number of imide groups is 1. The zero-order chi connectivity index (χ0) is 16.1. The van der Waals surface area contributed by atoms with Crippen LogP contribution in [0.25, 0.3) is 0 Å². The van der Waals surface area contributed by atoms with E-state index < -0.39 is 17.6 Å². The van der Waals surface area contributed by atoms with Gasteiger partial charge >= 0.3 is 0 Å². The van der Waals surface area contributed by atoms with E-state index in [2.05, 4.69) is 0 Å². The Hall–Kier alpha value is -1.96. The number of thiophene rings is 1. The molecular weight excluding hydrogens is 309 g/mol. The summed E-state index contributed by atoms with van der Waals surface area (Å²) in [5, 5.41) is 2.04. The fourth-order valence-corrected chi connectivity index (χ4v) is 3.74. The van der Waals surface area contributed by atoms with E-state index in [0.717, 1.165) is 9.80 Å². The molecule has 1 aromatic rings. The first-order valence-electron chi connectivity index (χ1n) is 7.11. The van der Waals surface area contributed by atoms with Crippen molar-refractivity contribution < 1.29 is 18.8 Å². The van der Waals surface area contributed by atoms with Gasteiger partial charge in [0.25, 0.3) is 17.6 Å². The van der Waals surface area contributed by atoms with Gasteiger partial charge < -0.3 is 5.73 Å². The Labute approximate surface area is 130 Å². The van der Waals surface area contributed by atoms with Crippen LogP contribution in [0.15, 0.2) is 5.38 Å². The molecule has 2 N–H and O–H groups in total. The summed E-state index contributed by atoms with van der Waals surface area (Å²) in [5.74, 6) is -4.33. The van der Waals surface area contributed by atoms with Crippen LogP contribution in [0.4, 0.5) is 9.39 Å². The maximum absolute atomic E-state index is 15.4. The standard InChI is InChI=1S/C14H16FN3O3S/c1-2-5-17-10(19)3-4-14(15,13(17)21)18-6-8-9(12(18)20)7-22-11(8)16/h7H,2-6,16H2,1H3/t14-/m0/s1. The van der Waals surface area contributed by atoms with Gasteiger partial charge in [0.05, 0.1) is 17.1 Å². The lowest BCUT2D eigenvalue weighted by molar-refractivity contribution is -0.170. The van der Waals surface area contributed by atoms with Crippen LogP contribution in [-0.2, 0) is 16.1 Å². The van der Waals surface area contributed by atoms with Crippen molar-refractivity contribution in [3.05, 3.63) is 16.5 Å². The van der Waals surface area contributed by atoms with E-state index in [1.807, 2.05) is 0 Å². The van der Waals surface area contributed by atoms with Crippen LogP contribution in [0.5, 0.6) is 0 Å². The summed E-state index contributed by atoms with van der Waals surface area (Å²) in [5.41, 5.74) is 6.71. The quantitative estimate of drug-likeness (QED) is 0.674. The number of amides is 3. The first-order valence-corrected chi connectivity index (χ1v) is 7.99. The molecule has 0 saturated carbocycles. The van der Waals surface area contributed by atoms with Crippen LogP contribution in [0.1, 0.15) is 42.1 Å². The van der Waals surface area contributed by atoms with Gasteiger partial charge in [0.15, 0.2) is 0 Å². The number of hydrogen-bond acceptors (Lipinski definition) is 5. The summed E-state index contributed by atoms with van der Waals surface area (Å²) in [6, 6.07) is 0. The Morgan fingerprint density at radius 1 is 1.41 bits per heavy atom. The van der Waals surface area contributed by atoms with E-state index in [1.165, 1.54) is 11.3 Å². The predicted molar refractivity (Wildman–Crippen MR) is 78.7 cm³/mol. The second-order valence-corrected chi connectivity index (χ2v) is 6.40. The van der Waals surface area contributed by atoms with E-state index >= 15 is 4.39 Å². The van der Waals surface area contributed by atoms with Crippen LogP contribution in [0.3, 0.4) is 0 Å². The van der Waals surface area contributed by atoms with Crippen LogP contribution in [-0.4, -0.2) is 39.9 Å². The van der Waals surface area contributed by atoms with Gasteiger partial charge in [-0.2, -0.15) is 0 Å². The zero-order valence-corrected chi connectivity index (χ0v) is 12.9. The van der Waals surface area contributed by atoms with Gasteiger partial charge in [-0.15, -0.1) is 11.3 Å². The molecule has 0 unspecified atom stereocenters. The SMILES string of the molecule is CCCN1C(=O)CC[C@](F)(N2Cc3c(csc3N)C2=O)C1=O. The molecule has 0 spiro atoms. The number of nitrogens with zero attached hydrogens (tertiary/aromatic N) is 2. The van der Waals surface area contributed by atoms with E-state index in [0.29, 0.717) is 22.5 Å². The molecule has 2 aliphatic heterocycles. The number of carbonyl (C=O) groups excluding carboxylic acids is 3. The molecule has 0 radical (unpaired) electrons. The van der Waals surface area contributed by atoms with Crippen molar-refractivity contribution in [1.29, 1.82) is 0 Å². The molecule has 22 heavy (non-hydrogen) atoms. The van der Waals surface area contributed by atoms with Crippen LogP contribution in [0, 0.1) is 0 Å². The molecule has 1 atom stereocenters. The van der Waals surface area contributed by atoms with Gasteiger partial charge in [-0.1, -0.05) is 6.92 Å². The number of anilines is 1. The van der Waals surface area contributed by atoms with Crippen molar-refractivity contribution in [2.45, 2.75) is 38.5 Å². The van der Waals surface area contributed by atoms with Crippen LogP contribution in [0.2, 0.25) is 0 Å². The first kappa shape index (κ1) is 15.0. The van der Waals surface area contributed by atoms with E-state index in [-0.39, 0.29) is 31.8 Å². The van der Waals surface area contributed by atoms with Gasteiger partial charge in [0.2, 0.25) is 5.91 Å². The molecule has 0 bridgehead atoms. The lowest BCUT2D eigenvalue weighted by Crippen LogP contribution is -2.61. The smallest absolute Gasteiger partial charge is 0.288 e. The lowest BCUT2D eigenvalue weighted by atomic mass is 9.99. The van der Waals surface area contributed by atoms with Gasteiger partial charge in [-0.3, -0.25) is 24.2 Å². The first-order chi connectivity index (χ1) is 10.4. The molecule has 3 amide bonds. The van der Waals surface area contributed by atoms with Gasteiger partial charge in [-0.05, 0) is 6.42 Å². The fraction of sp³-hybridized carbons (Fsp3) is 0.500. The largest absolute Gasteiger partial charge is 0.390 e. The highest BCUT2D eigenvalue weighted by atomic mass is 32.1. The number of alkyl halides is 1. The van der Waals surface area contributed by atoms with Gasteiger partial charge in [-0.25, -0.2) is 4.39 Å². The minimum Gasteiger partial charge on any atom is -0.390 e. The van der Waals surface area contributed by atoms with Crippen molar-refractivity contribution in [1.82, 2.24) is 9.80 Å². The zero-order valence-electron chi connectivity index (χ0n) is 12.1. The molecule has 0 aliphatic carbocycles. The highest BCUT2D eigenvalue weighted by molar-refractivity contribution is 7.14. The topological polar surface area (TPSA) is 83.7 Å². The number of likely N-dealkylation sites (tertiary alicyclic amines) is 1. The molecular formula is C14H16FN3O3S. The fourth-order valence-electron chi connectivity index (χ4n) is 2.94. The average molecular weight is 325 g/mol. The summed E-state index contributed by atoms with van der Waals surface area (Å²) in [6.45, 7) is 1.93. The minimum absolute atomic E-state index is 0.0279. The van der Waals surface area contributed by atoms with Crippen molar-refractivity contribution >= 4 is 34.1 Å². The Morgan fingerprint density at radius 2 is 2.14 bits per heavy atom. The summed E-state index contributed by atoms with van der Waals surface area (Å²) in [7, 11) is 0. The second-order valence-electron chi connectivity index (χ2n) is 5.49. The number of piperidine rings is 1. The highest BCUT2D eigenvalue weighted by Crippen LogP contribution is 2.41. The molecule has 1 fully saturated rings. The Balaban J connectivity index is 1.92. The molecule has 3 rings (SSSR count). The maximum atomic E-state index is 15.4. The number of nitrogen functional groups attached to an aromatic ring is 1. The predicted octanol–water partition coefficient (Wildman–Crippen LogP) is 1.51. The summed E-state index contributed by atoms with van der Waals surface area (Å²) < 4.78 is 15.4. The number of rotatable bonds is 3. The molecule has 8 heteroatoms. The van der Waals surface area contributed by atoms with E-state index in [4.69, 9.17) is 5.73 Å². The van der Waals surface area contributed by atoms with Gasteiger partial charge in [0, 0.05) is 30.3 Å². The molecule has 1 saturated heterocycles. The van der Waals surface area contributed by atoms with Crippen molar-refractivity contribution in [2.24, 2.45) is 0 Å². The molecule has 6 nitrogen and oxygen atoms in total. The number of nitrogens with two attached hydrogens (primary N) is 1. The number of fused-ring (bicyclic) bond motifs is 1. The van der Waals surface area contributed by atoms with E-state index in [9.17, 15) is 14.4 Å². The summed E-state index contributed by atoms with van der Waals surface area (Å²) in [6.07, 6.45) is 0.153. The third-order valence-electron chi connectivity index (χ3n) is 4.14. The van der Waals surface area contributed by atoms with Gasteiger partial charge in [0.1, 0.15) is 0 Å². The van der Waals surface area contributed by atoms with Crippen LogP contribution < -0.4 is 5.73 Å². The van der Waals surface area contributed by atoms with Crippen molar-refractivity contribution in [2.75, 3.05) is 12.3 Å². The number of hydrogen-bond donors (Lipinski definition) is 1. The third kappa shape index (κ3) is 1.93. The normalized spacial score (nSPS) is 25.1. The molecule has 2 aliphatic rings. The molecule has 3 heterocycles. The average Bonchev–Trinajstić information content (AvgIpc) is 3.01. The summed E-state index contributed by atoms with van der Waals surface area (Å²) >= 11 is 1.23. The summed E-state index contributed by atoms with van der Waals surface area (Å²) in [4.78, 5) is 38.5.